The lowest BCUT2D eigenvalue weighted by Crippen LogP contribution is -2.11. The van der Waals surface area contributed by atoms with E-state index in [1.165, 1.54) is 25.1 Å². The smallest absolute Gasteiger partial charge is 0.348 e. The number of thiophene rings is 1. The highest BCUT2D eigenvalue weighted by Gasteiger charge is 2.25. The minimum absolute atomic E-state index is 0.0172. The molecule has 27 heavy (non-hydrogen) atoms. The van der Waals surface area contributed by atoms with Crippen LogP contribution in [0.25, 0.3) is 0 Å². The van der Waals surface area contributed by atoms with Crippen molar-refractivity contribution in [3.05, 3.63) is 55.4 Å². The van der Waals surface area contributed by atoms with Gasteiger partial charge < -0.3 is 15.2 Å². The molecule has 0 bridgehead atoms. The lowest BCUT2D eigenvalue weighted by Gasteiger charge is -2.08. The molecule has 0 aliphatic rings. The van der Waals surface area contributed by atoms with E-state index >= 15 is 0 Å². The first-order valence-electron chi connectivity index (χ1n) is 7.71. The lowest BCUT2D eigenvalue weighted by atomic mass is 10.1. The molecule has 0 amide bonds. The van der Waals surface area contributed by atoms with Crippen LogP contribution in [0.1, 0.15) is 43.6 Å². The SMILES string of the molecule is CCOC(=O)c1sc(N)c(C#N)c1COC(=O)c1cccc([N+](=O)[O-])c1C. The molecule has 0 unspecified atom stereocenters. The van der Waals surface area contributed by atoms with Crippen LogP contribution in [-0.2, 0) is 16.1 Å². The number of nitro groups is 1. The molecule has 2 aromatic rings. The Labute approximate surface area is 158 Å². The number of nitriles is 1. The predicted molar refractivity (Wildman–Crippen MR) is 96.4 cm³/mol. The van der Waals surface area contributed by atoms with Crippen molar-refractivity contribution in [1.82, 2.24) is 0 Å². The number of nitro benzene ring substituents is 1. The van der Waals surface area contributed by atoms with Crippen LogP contribution in [0.15, 0.2) is 18.2 Å². The molecule has 0 fully saturated rings. The van der Waals surface area contributed by atoms with Crippen molar-refractivity contribution in [2.45, 2.75) is 20.5 Å². The van der Waals surface area contributed by atoms with Gasteiger partial charge in [-0.05, 0) is 19.9 Å². The molecule has 0 atom stereocenters. The van der Waals surface area contributed by atoms with Crippen LogP contribution in [0.2, 0.25) is 0 Å². The highest BCUT2D eigenvalue weighted by Crippen LogP contribution is 2.32. The molecule has 2 N–H and O–H groups in total. The Bertz CT molecular complexity index is 960. The number of hydrogen-bond acceptors (Lipinski definition) is 9. The normalized spacial score (nSPS) is 10.1. The number of rotatable bonds is 6. The highest BCUT2D eigenvalue weighted by molar-refractivity contribution is 7.18. The van der Waals surface area contributed by atoms with Gasteiger partial charge >= 0.3 is 11.9 Å². The third-order valence-electron chi connectivity index (χ3n) is 3.68. The van der Waals surface area contributed by atoms with E-state index in [9.17, 15) is 25.0 Å². The second-order valence-corrected chi connectivity index (χ2v) is 6.32. The maximum absolute atomic E-state index is 12.4. The lowest BCUT2D eigenvalue weighted by molar-refractivity contribution is -0.385. The highest BCUT2D eigenvalue weighted by atomic mass is 32.1. The van der Waals surface area contributed by atoms with Crippen molar-refractivity contribution >= 4 is 34.0 Å². The molecule has 1 aromatic carbocycles. The summed E-state index contributed by atoms with van der Waals surface area (Å²) < 4.78 is 10.1. The first-order valence-corrected chi connectivity index (χ1v) is 8.52. The molecule has 10 heteroatoms. The summed E-state index contributed by atoms with van der Waals surface area (Å²) in [5.41, 5.74) is 5.90. The van der Waals surface area contributed by atoms with E-state index in [1.807, 2.05) is 6.07 Å². The van der Waals surface area contributed by atoms with Gasteiger partial charge in [-0.25, -0.2) is 9.59 Å². The molecule has 140 valence electrons. The number of carbonyl (C=O) groups excluding carboxylic acids is 2. The van der Waals surface area contributed by atoms with Gasteiger partial charge in [-0.1, -0.05) is 6.07 Å². The molecule has 1 aromatic heterocycles. The Kier molecular flexibility index (Phi) is 6.10. The van der Waals surface area contributed by atoms with Crippen LogP contribution >= 0.6 is 11.3 Å². The van der Waals surface area contributed by atoms with E-state index in [0.717, 1.165) is 11.3 Å². The molecule has 9 nitrogen and oxygen atoms in total. The van der Waals surface area contributed by atoms with Crippen molar-refractivity contribution in [2.24, 2.45) is 0 Å². The standard InChI is InChI=1S/C17H15N3O6S/c1-3-25-17(22)14-12(11(7-18)15(19)27-14)8-26-16(21)10-5-4-6-13(9(10)2)20(23)24/h4-6H,3,8,19H2,1-2H3. The Morgan fingerprint density at radius 2 is 2.04 bits per heavy atom. The first-order chi connectivity index (χ1) is 12.8. The van der Waals surface area contributed by atoms with E-state index in [2.05, 4.69) is 0 Å². The van der Waals surface area contributed by atoms with Gasteiger partial charge in [0.2, 0.25) is 0 Å². The van der Waals surface area contributed by atoms with Gasteiger partial charge in [0.15, 0.2) is 0 Å². The van der Waals surface area contributed by atoms with E-state index < -0.39 is 23.5 Å². The quantitative estimate of drug-likeness (QED) is 0.451. The fraction of sp³-hybridized carbons (Fsp3) is 0.235. The van der Waals surface area contributed by atoms with Crippen LogP contribution in [0, 0.1) is 28.4 Å². The second kappa shape index (κ2) is 8.29. The number of anilines is 1. The van der Waals surface area contributed by atoms with Crippen LogP contribution in [-0.4, -0.2) is 23.5 Å². The number of nitrogen functional groups attached to an aromatic ring is 1. The second-order valence-electron chi connectivity index (χ2n) is 5.26. The summed E-state index contributed by atoms with van der Waals surface area (Å²) >= 11 is 0.871. The van der Waals surface area contributed by atoms with E-state index in [1.54, 1.807) is 6.92 Å². The number of hydrogen-bond donors (Lipinski definition) is 1. The first kappa shape index (κ1) is 19.9. The van der Waals surface area contributed by atoms with Crippen molar-refractivity contribution in [1.29, 1.82) is 5.26 Å². The fourth-order valence-electron chi connectivity index (χ4n) is 2.36. The Hall–Kier alpha value is -3.45. The summed E-state index contributed by atoms with van der Waals surface area (Å²) in [6.45, 7) is 2.79. The molecule has 0 saturated heterocycles. The third-order valence-corrected chi connectivity index (χ3v) is 4.72. The molecule has 0 radical (unpaired) electrons. The maximum atomic E-state index is 12.4. The van der Waals surface area contributed by atoms with Crippen LogP contribution in [0.5, 0.6) is 0 Å². The van der Waals surface area contributed by atoms with Crippen molar-refractivity contribution in [3.63, 3.8) is 0 Å². The number of nitrogens with zero attached hydrogens (tertiary/aromatic N) is 2. The summed E-state index contributed by atoms with van der Waals surface area (Å²) in [6.07, 6.45) is 0. The van der Waals surface area contributed by atoms with Crippen molar-refractivity contribution < 1.29 is 24.0 Å². The number of nitrogens with two attached hydrogens (primary N) is 1. The fourth-order valence-corrected chi connectivity index (χ4v) is 3.28. The van der Waals surface area contributed by atoms with E-state index in [0.29, 0.717) is 0 Å². The average Bonchev–Trinajstić information content (AvgIpc) is 2.95. The van der Waals surface area contributed by atoms with Gasteiger partial charge in [0.1, 0.15) is 22.6 Å². The Morgan fingerprint density at radius 1 is 1.33 bits per heavy atom. The summed E-state index contributed by atoms with van der Waals surface area (Å²) in [4.78, 5) is 34.9. The minimum Gasteiger partial charge on any atom is -0.462 e. The maximum Gasteiger partial charge on any atom is 0.348 e. The van der Waals surface area contributed by atoms with Gasteiger partial charge in [-0.15, -0.1) is 11.3 Å². The molecule has 2 rings (SSSR count). The van der Waals surface area contributed by atoms with Gasteiger partial charge in [0.25, 0.3) is 5.69 Å². The molecule has 0 spiro atoms. The number of carbonyl (C=O) groups is 2. The Morgan fingerprint density at radius 3 is 2.63 bits per heavy atom. The number of benzene rings is 1. The summed E-state index contributed by atoms with van der Waals surface area (Å²) in [5, 5.41) is 20.4. The molecule has 0 aliphatic heterocycles. The van der Waals surface area contributed by atoms with E-state index in [-0.39, 0.29) is 44.4 Å². The monoisotopic (exact) mass is 389 g/mol. The summed E-state index contributed by atoms with van der Waals surface area (Å²) in [7, 11) is 0. The molecule has 0 aliphatic carbocycles. The van der Waals surface area contributed by atoms with E-state index in [4.69, 9.17) is 15.2 Å². The van der Waals surface area contributed by atoms with Crippen molar-refractivity contribution in [3.8, 4) is 6.07 Å². The van der Waals surface area contributed by atoms with Gasteiger partial charge in [0.05, 0.1) is 22.7 Å². The molecule has 0 saturated carbocycles. The number of esters is 2. The van der Waals surface area contributed by atoms with Crippen molar-refractivity contribution in [2.75, 3.05) is 12.3 Å². The van der Waals surface area contributed by atoms with Gasteiger partial charge in [-0.3, -0.25) is 10.1 Å². The van der Waals surface area contributed by atoms with Crippen LogP contribution in [0.3, 0.4) is 0 Å². The molecule has 1 heterocycles. The largest absolute Gasteiger partial charge is 0.462 e. The summed E-state index contributed by atoms with van der Waals surface area (Å²) in [6, 6.07) is 5.92. The third kappa shape index (κ3) is 4.04. The predicted octanol–water partition coefficient (Wildman–Crippen LogP) is 2.95. The van der Waals surface area contributed by atoms with Crippen LogP contribution in [0.4, 0.5) is 10.7 Å². The van der Waals surface area contributed by atoms with Gasteiger partial charge in [-0.2, -0.15) is 5.26 Å². The zero-order valence-corrected chi connectivity index (χ0v) is 15.3. The zero-order chi connectivity index (χ0) is 20.1. The molecular formula is C17H15N3O6S. The zero-order valence-electron chi connectivity index (χ0n) is 14.5. The average molecular weight is 389 g/mol. The molecular weight excluding hydrogens is 374 g/mol. The van der Waals surface area contributed by atoms with Crippen LogP contribution < -0.4 is 5.73 Å². The minimum atomic E-state index is -0.820. The topological polar surface area (TPSA) is 146 Å². The number of ether oxygens (including phenoxy) is 2. The van der Waals surface area contributed by atoms with Gasteiger partial charge in [0, 0.05) is 17.2 Å². The Balaban J connectivity index is 2.31. The summed E-state index contributed by atoms with van der Waals surface area (Å²) in [5.74, 6) is -1.49.